The number of benzene rings is 1. The summed E-state index contributed by atoms with van der Waals surface area (Å²) in [7, 11) is 1.70. The molecule has 0 amide bonds. The number of guanidine groups is 1. The second kappa shape index (κ2) is 10.2. The summed E-state index contributed by atoms with van der Waals surface area (Å²) >= 11 is 0. The van der Waals surface area contributed by atoms with Gasteiger partial charge in [-0.05, 0) is 51.0 Å². The molecule has 2 saturated carbocycles. The third kappa shape index (κ3) is 5.66. The highest BCUT2D eigenvalue weighted by atomic mass is 127. The summed E-state index contributed by atoms with van der Waals surface area (Å²) in [6.07, 6.45) is 6.29. The zero-order valence-corrected chi connectivity index (χ0v) is 18.4. The van der Waals surface area contributed by atoms with Gasteiger partial charge in [0.1, 0.15) is 0 Å². The van der Waals surface area contributed by atoms with E-state index in [4.69, 9.17) is 14.5 Å². The fraction of sp³-hybridized carbons (Fsp3) is 0.650. The summed E-state index contributed by atoms with van der Waals surface area (Å²) in [5.74, 6) is 3.28. The molecule has 0 heterocycles. The van der Waals surface area contributed by atoms with Crippen LogP contribution in [-0.4, -0.2) is 31.8 Å². The third-order valence-corrected chi connectivity index (χ3v) is 5.05. The van der Waals surface area contributed by atoms with E-state index < -0.39 is 0 Å². The second-order valence-corrected chi connectivity index (χ2v) is 7.13. The highest BCUT2D eigenvalue weighted by Gasteiger charge is 2.33. The normalized spacial score (nSPS) is 22.5. The molecular weight excluding hydrogens is 441 g/mol. The van der Waals surface area contributed by atoms with Gasteiger partial charge in [0.25, 0.3) is 0 Å². The summed E-state index contributed by atoms with van der Waals surface area (Å²) in [5.41, 5.74) is 1.08. The lowest BCUT2D eigenvalue weighted by molar-refractivity contribution is 0.198. The lowest BCUT2D eigenvalue weighted by Gasteiger charge is -2.19. The molecule has 0 bridgehead atoms. The summed E-state index contributed by atoms with van der Waals surface area (Å²) < 4.78 is 11.8. The Labute approximate surface area is 174 Å². The molecule has 0 spiro atoms. The van der Waals surface area contributed by atoms with Crippen molar-refractivity contribution in [3.63, 3.8) is 0 Å². The standard InChI is InChI=1S/C20H31N3O2.HI/c1-4-21-20(23-17-12-14(17)2)22-13-15-8-7-11-18(24-3)19(15)25-16-9-5-6-10-16;/h7-8,11,14,16-17H,4-6,9-10,12-13H2,1-3H3,(H2,21,22,23);1H. The molecule has 146 valence electrons. The minimum Gasteiger partial charge on any atom is -0.493 e. The fourth-order valence-electron chi connectivity index (χ4n) is 3.34. The van der Waals surface area contributed by atoms with E-state index in [0.717, 1.165) is 48.3 Å². The lowest BCUT2D eigenvalue weighted by atomic mass is 10.1. The SMILES string of the molecule is CCNC(=NCc1cccc(OC)c1OC1CCCC1)NC1CC1C.I. The largest absolute Gasteiger partial charge is 0.493 e. The van der Waals surface area contributed by atoms with E-state index in [1.807, 2.05) is 12.1 Å². The van der Waals surface area contributed by atoms with E-state index in [-0.39, 0.29) is 24.0 Å². The first-order chi connectivity index (χ1) is 12.2. The Balaban J connectivity index is 0.00000243. The summed E-state index contributed by atoms with van der Waals surface area (Å²) in [4.78, 5) is 4.77. The van der Waals surface area contributed by atoms with E-state index in [1.54, 1.807) is 7.11 Å². The topological polar surface area (TPSA) is 54.9 Å². The van der Waals surface area contributed by atoms with Crippen molar-refractivity contribution < 1.29 is 9.47 Å². The second-order valence-electron chi connectivity index (χ2n) is 7.13. The minimum absolute atomic E-state index is 0. The molecule has 6 heteroatoms. The van der Waals surface area contributed by atoms with Gasteiger partial charge in [0, 0.05) is 18.2 Å². The van der Waals surface area contributed by atoms with Crippen molar-refractivity contribution >= 4 is 29.9 Å². The molecule has 0 aromatic heterocycles. The highest BCUT2D eigenvalue weighted by Crippen LogP contribution is 2.35. The maximum atomic E-state index is 6.30. The Hall–Kier alpha value is -1.18. The van der Waals surface area contributed by atoms with Gasteiger partial charge in [-0.3, -0.25) is 0 Å². The molecule has 2 aliphatic carbocycles. The van der Waals surface area contributed by atoms with Crippen LogP contribution in [0.25, 0.3) is 0 Å². The van der Waals surface area contributed by atoms with Crippen LogP contribution in [0, 0.1) is 5.92 Å². The first kappa shape index (κ1) is 21.1. The third-order valence-electron chi connectivity index (χ3n) is 5.05. The van der Waals surface area contributed by atoms with Crippen LogP contribution < -0.4 is 20.1 Å². The van der Waals surface area contributed by atoms with Gasteiger partial charge in [0.05, 0.1) is 19.8 Å². The van der Waals surface area contributed by atoms with Gasteiger partial charge in [-0.2, -0.15) is 0 Å². The molecular formula is C20H32IN3O2. The van der Waals surface area contributed by atoms with Crippen molar-refractivity contribution in [1.82, 2.24) is 10.6 Å². The molecule has 0 saturated heterocycles. The number of methoxy groups -OCH3 is 1. The monoisotopic (exact) mass is 473 g/mol. The van der Waals surface area contributed by atoms with Gasteiger partial charge in [-0.15, -0.1) is 24.0 Å². The molecule has 2 atom stereocenters. The number of hydrogen-bond acceptors (Lipinski definition) is 3. The van der Waals surface area contributed by atoms with Crippen molar-refractivity contribution in [2.75, 3.05) is 13.7 Å². The van der Waals surface area contributed by atoms with Crippen LogP contribution in [0.5, 0.6) is 11.5 Å². The number of halogens is 1. The number of rotatable bonds is 7. The number of nitrogens with one attached hydrogen (secondary N) is 2. The molecule has 0 radical (unpaired) electrons. The predicted molar refractivity (Wildman–Crippen MR) is 117 cm³/mol. The Morgan fingerprint density at radius 1 is 1.27 bits per heavy atom. The molecule has 2 unspecified atom stereocenters. The van der Waals surface area contributed by atoms with E-state index in [1.165, 1.54) is 19.3 Å². The Kier molecular flexibility index (Phi) is 8.31. The van der Waals surface area contributed by atoms with Gasteiger partial charge < -0.3 is 20.1 Å². The van der Waals surface area contributed by atoms with E-state index >= 15 is 0 Å². The van der Waals surface area contributed by atoms with Crippen LogP contribution in [0.2, 0.25) is 0 Å². The van der Waals surface area contributed by atoms with Gasteiger partial charge >= 0.3 is 0 Å². The average molecular weight is 473 g/mol. The average Bonchev–Trinajstić information content (AvgIpc) is 3.08. The van der Waals surface area contributed by atoms with Crippen LogP contribution in [-0.2, 0) is 6.54 Å². The highest BCUT2D eigenvalue weighted by molar-refractivity contribution is 14.0. The van der Waals surface area contributed by atoms with Crippen molar-refractivity contribution in [2.24, 2.45) is 10.9 Å². The van der Waals surface area contributed by atoms with Crippen LogP contribution in [0.3, 0.4) is 0 Å². The Bertz CT molecular complexity index is 603. The zero-order chi connectivity index (χ0) is 17.6. The van der Waals surface area contributed by atoms with Gasteiger partial charge in [0.2, 0.25) is 0 Å². The summed E-state index contributed by atoms with van der Waals surface area (Å²) in [5, 5.41) is 6.83. The van der Waals surface area contributed by atoms with Gasteiger partial charge in [-0.1, -0.05) is 19.1 Å². The van der Waals surface area contributed by atoms with E-state index in [9.17, 15) is 0 Å². The molecule has 3 rings (SSSR count). The number of hydrogen-bond donors (Lipinski definition) is 2. The lowest BCUT2D eigenvalue weighted by Crippen LogP contribution is -2.39. The molecule has 1 aromatic rings. The van der Waals surface area contributed by atoms with Crippen molar-refractivity contribution in [3.8, 4) is 11.5 Å². The molecule has 2 N–H and O–H groups in total. The molecule has 2 aliphatic rings. The maximum absolute atomic E-state index is 6.30. The maximum Gasteiger partial charge on any atom is 0.191 e. The minimum atomic E-state index is 0. The predicted octanol–water partition coefficient (Wildman–Crippen LogP) is 4.10. The van der Waals surface area contributed by atoms with Crippen LogP contribution >= 0.6 is 24.0 Å². The van der Waals surface area contributed by atoms with Crippen molar-refractivity contribution in [1.29, 1.82) is 0 Å². The van der Waals surface area contributed by atoms with Crippen LogP contribution in [0.15, 0.2) is 23.2 Å². The van der Waals surface area contributed by atoms with E-state index in [0.29, 0.717) is 18.7 Å². The molecule has 5 nitrogen and oxygen atoms in total. The smallest absolute Gasteiger partial charge is 0.191 e. The van der Waals surface area contributed by atoms with E-state index in [2.05, 4.69) is 30.5 Å². The fourth-order valence-corrected chi connectivity index (χ4v) is 3.34. The van der Waals surface area contributed by atoms with Crippen molar-refractivity contribution in [3.05, 3.63) is 23.8 Å². The number of nitrogens with zero attached hydrogens (tertiary/aromatic N) is 1. The van der Waals surface area contributed by atoms with Crippen LogP contribution in [0.1, 0.15) is 51.5 Å². The quantitative estimate of drug-likeness (QED) is 0.356. The number of para-hydroxylation sites is 1. The first-order valence-corrected chi connectivity index (χ1v) is 9.58. The Morgan fingerprint density at radius 3 is 2.62 bits per heavy atom. The zero-order valence-electron chi connectivity index (χ0n) is 16.1. The van der Waals surface area contributed by atoms with Gasteiger partial charge in [0.15, 0.2) is 17.5 Å². The van der Waals surface area contributed by atoms with Crippen LogP contribution in [0.4, 0.5) is 0 Å². The van der Waals surface area contributed by atoms with Gasteiger partial charge in [-0.25, -0.2) is 4.99 Å². The van der Waals surface area contributed by atoms with Crippen molar-refractivity contribution in [2.45, 2.75) is 64.6 Å². The molecule has 0 aliphatic heterocycles. The number of aliphatic imine (C=N–C) groups is 1. The molecule has 26 heavy (non-hydrogen) atoms. The number of ether oxygens (including phenoxy) is 2. The summed E-state index contributed by atoms with van der Waals surface area (Å²) in [6.45, 7) is 5.79. The summed E-state index contributed by atoms with van der Waals surface area (Å²) in [6, 6.07) is 6.61. The Morgan fingerprint density at radius 2 is 2.00 bits per heavy atom. The first-order valence-electron chi connectivity index (χ1n) is 9.58. The molecule has 1 aromatic carbocycles. The molecule has 2 fully saturated rings.